The molecular formula is C12H12N2O4. The molecule has 0 fully saturated rings. The van der Waals surface area contributed by atoms with Gasteiger partial charge < -0.3 is 15.2 Å². The van der Waals surface area contributed by atoms with Crippen LogP contribution in [-0.4, -0.2) is 23.6 Å². The molecule has 0 spiro atoms. The molecule has 0 aliphatic heterocycles. The summed E-state index contributed by atoms with van der Waals surface area (Å²) in [6, 6.07) is 5.85. The van der Waals surface area contributed by atoms with Gasteiger partial charge in [0.25, 0.3) is 0 Å². The fourth-order valence-corrected chi connectivity index (χ4v) is 1.31. The molecule has 1 amide bonds. The molecule has 18 heavy (non-hydrogen) atoms. The first kappa shape index (κ1) is 13.5. The van der Waals surface area contributed by atoms with E-state index < -0.39 is 11.9 Å². The fraction of sp³-hybridized carbons (Fsp3) is 0.250. The number of amides is 1. The highest BCUT2D eigenvalue weighted by atomic mass is 16.5. The Morgan fingerprint density at radius 2 is 2.22 bits per heavy atom. The van der Waals surface area contributed by atoms with Crippen LogP contribution in [0.4, 0.5) is 5.69 Å². The summed E-state index contributed by atoms with van der Waals surface area (Å²) in [7, 11) is 0. The monoisotopic (exact) mass is 248 g/mol. The van der Waals surface area contributed by atoms with Gasteiger partial charge in [-0.05, 0) is 25.1 Å². The third-order valence-corrected chi connectivity index (χ3v) is 2.04. The van der Waals surface area contributed by atoms with E-state index in [4.69, 9.17) is 15.1 Å². The number of nitriles is 1. The van der Waals surface area contributed by atoms with E-state index in [0.29, 0.717) is 12.4 Å². The number of ether oxygens (including phenoxy) is 1. The number of benzene rings is 1. The van der Waals surface area contributed by atoms with Gasteiger partial charge in [-0.3, -0.25) is 4.79 Å². The molecule has 0 radical (unpaired) electrons. The molecule has 94 valence electrons. The number of carboxylic acids is 1. The van der Waals surface area contributed by atoms with Crippen molar-refractivity contribution in [2.75, 3.05) is 11.9 Å². The predicted molar refractivity (Wildman–Crippen MR) is 63.4 cm³/mol. The van der Waals surface area contributed by atoms with E-state index in [1.807, 2.05) is 0 Å². The number of carbonyl (C=O) groups excluding carboxylic acids is 1. The summed E-state index contributed by atoms with van der Waals surface area (Å²) in [5.74, 6) is -1.25. The molecule has 0 unspecified atom stereocenters. The Morgan fingerprint density at radius 3 is 2.78 bits per heavy atom. The van der Waals surface area contributed by atoms with Crippen LogP contribution in [0.2, 0.25) is 0 Å². The number of carbonyl (C=O) groups is 2. The highest BCUT2D eigenvalue weighted by molar-refractivity contribution is 5.96. The summed E-state index contributed by atoms with van der Waals surface area (Å²) in [5.41, 5.74) is 0.280. The summed E-state index contributed by atoms with van der Waals surface area (Å²) >= 11 is 0. The lowest BCUT2D eigenvalue weighted by atomic mass is 10.2. The molecule has 1 rings (SSSR count). The number of nitrogens with one attached hydrogen (secondary N) is 1. The molecule has 6 nitrogen and oxygen atoms in total. The molecular weight excluding hydrogens is 236 g/mol. The van der Waals surface area contributed by atoms with E-state index in [1.54, 1.807) is 13.0 Å². The number of rotatable bonds is 5. The average molecular weight is 248 g/mol. The first-order valence-corrected chi connectivity index (χ1v) is 5.25. The van der Waals surface area contributed by atoms with Crippen LogP contribution < -0.4 is 10.1 Å². The lowest BCUT2D eigenvalue weighted by molar-refractivity contribution is -0.115. The first-order valence-electron chi connectivity index (χ1n) is 5.25. The van der Waals surface area contributed by atoms with E-state index in [-0.39, 0.29) is 17.7 Å². The number of hydrogen-bond donors (Lipinski definition) is 2. The summed E-state index contributed by atoms with van der Waals surface area (Å²) in [5, 5.41) is 19.7. The van der Waals surface area contributed by atoms with Gasteiger partial charge >= 0.3 is 5.97 Å². The smallest absolute Gasteiger partial charge is 0.335 e. The average Bonchev–Trinajstić information content (AvgIpc) is 2.31. The third-order valence-electron chi connectivity index (χ3n) is 2.04. The van der Waals surface area contributed by atoms with Crippen molar-refractivity contribution in [1.82, 2.24) is 0 Å². The quantitative estimate of drug-likeness (QED) is 0.825. The van der Waals surface area contributed by atoms with Gasteiger partial charge in [-0.15, -0.1) is 0 Å². The summed E-state index contributed by atoms with van der Waals surface area (Å²) in [6.45, 7) is 2.15. The molecule has 0 aromatic heterocycles. The van der Waals surface area contributed by atoms with E-state index >= 15 is 0 Å². The predicted octanol–water partition coefficient (Wildman–Crippen LogP) is 1.64. The van der Waals surface area contributed by atoms with Crippen molar-refractivity contribution >= 4 is 17.6 Å². The molecule has 0 atom stereocenters. The van der Waals surface area contributed by atoms with Gasteiger partial charge in [0.1, 0.15) is 12.2 Å². The molecule has 0 saturated heterocycles. The van der Waals surface area contributed by atoms with Gasteiger partial charge in [0.15, 0.2) is 0 Å². The standard InChI is InChI=1S/C12H12N2O4/c1-2-18-10-4-3-8(12(16)17)7-9(10)14-11(15)5-6-13/h3-4,7H,2,5H2,1H3,(H,14,15)(H,16,17). The molecule has 6 heteroatoms. The second kappa shape index (κ2) is 6.25. The zero-order valence-electron chi connectivity index (χ0n) is 9.77. The molecule has 0 aliphatic carbocycles. The highest BCUT2D eigenvalue weighted by Gasteiger charge is 2.11. The molecule has 1 aromatic rings. The van der Waals surface area contributed by atoms with Gasteiger partial charge in [0, 0.05) is 0 Å². The second-order valence-electron chi connectivity index (χ2n) is 3.33. The maximum atomic E-state index is 11.3. The Balaban J connectivity index is 3.03. The molecule has 0 aliphatic rings. The van der Waals surface area contributed by atoms with Crippen LogP contribution in [0.25, 0.3) is 0 Å². The lowest BCUT2D eigenvalue weighted by Crippen LogP contribution is -2.12. The molecule has 1 aromatic carbocycles. The van der Waals surface area contributed by atoms with Crippen molar-refractivity contribution in [3.63, 3.8) is 0 Å². The zero-order valence-corrected chi connectivity index (χ0v) is 9.77. The topological polar surface area (TPSA) is 99.4 Å². The molecule has 0 heterocycles. The minimum atomic E-state index is -1.10. The molecule has 2 N–H and O–H groups in total. The Morgan fingerprint density at radius 1 is 1.50 bits per heavy atom. The Hall–Kier alpha value is -2.55. The largest absolute Gasteiger partial charge is 0.492 e. The van der Waals surface area contributed by atoms with Crippen LogP contribution in [0.1, 0.15) is 23.7 Å². The van der Waals surface area contributed by atoms with Crippen LogP contribution in [0.15, 0.2) is 18.2 Å². The van der Waals surface area contributed by atoms with Crippen LogP contribution in [-0.2, 0) is 4.79 Å². The Bertz CT molecular complexity index is 505. The van der Waals surface area contributed by atoms with Crippen LogP contribution >= 0.6 is 0 Å². The van der Waals surface area contributed by atoms with E-state index in [0.717, 1.165) is 0 Å². The number of anilines is 1. The van der Waals surface area contributed by atoms with E-state index in [2.05, 4.69) is 5.32 Å². The van der Waals surface area contributed by atoms with Gasteiger partial charge in [0.05, 0.1) is 23.9 Å². The summed E-state index contributed by atoms with van der Waals surface area (Å²) < 4.78 is 5.26. The normalized spacial score (nSPS) is 9.33. The minimum absolute atomic E-state index is 0.0331. The van der Waals surface area contributed by atoms with Crippen molar-refractivity contribution < 1.29 is 19.4 Å². The number of hydrogen-bond acceptors (Lipinski definition) is 4. The summed E-state index contributed by atoms with van der Waals surface area (Å²) in [6.07, 6.45) is -0.303. The number of nitrogens with zero attached hydrogens (tertiary/aromatic N) is 1. The SMILES string of the molecule is CCOc1ccc(C(=O)O)cc1NC(=O)CC#N. The first-order chi connectivity index (χ1) is 8.58. The summed E-state index contributed by atoms with van der Waals surface area (Å²) in [4.78, 5) is 22.1. The maximum Gasteiger partial charge on any atom is 0.335 e. The Labute approximate surface area is 104 Å². The number of carboxylic acid groups (broad SMARTS) is 1. The molecule has 0 saturated carbocycles. The molecule has 0 bridgehead atoms. The lowest BCUT2D eigenvalue weighted by Gasteiger charge is -2.11. The van der Waals surface area contributed by atoms with Crippen molar-refractivity contribution in [2.45, 2.75) is 13.3 Å². The third kappa shape index (κ3) is 3.49. The van der Waals surface area contributed by atoms with Crippen LogP contribution in [0, 0.1) is 11.3 Å². The Kier molecular flexibility index (Phi) is 4.69. The van der Waals surface area contributed by atoms with E-state index in [1.165, 1.54) is 18.2 Å². The van der Waals surface area contributed by atoms with Gasteiger partial charge in [-0.25, -0.2) is 4.79 Å². The van der Waals surface area contributed by atoms with Crippen molar-refractivity contribution in [2.24, 2.45) is 0 Å². The zero-order chi connectivity index (χ0) is 13.5. The number of aromatic carboxylic acids is 1. The fourth-order valence-electron chi connectivity index (χ4n) is 1.31. The van der Waals surface area contributed by atoms with Crippen LogP contribution in [0.3, 0.4) is 0 Å². The van der Waals surface area contributed by atoms with Gasteiger partial charge in [-0.2, -0.15) is 5.26 Å². The van der Waals surface area contributed by atoms with Gasteiger partial charge in [0.2, 0.25) is 5.91 Å². The van der Waals surface area contributed by atoms with Crippen LogP contribution in [0.5, 0.6) is 5.75 Å². The minimum Gasteiger partial charge on any atom is -0.492 e. The van der Waals surface area contributed by atoms with E-state index in [9.17, 15) is 9.59 Å². The van der Waals surface area contributed by atoms with Gasteiger partial charge in [-0.1, -0.05) is 0 Å². The maximum absolute atomic E-state index is 11.3. The second-order valence-corrected chi connectivity index (χ2v) is 3.33. The van der Waals surface area contributed by atoms with Crippen molar-refractivity contribution in [3.8, 4) is 11.8 Å². The highest BCUT2D eigenvalue weighted by Crippen LogP contribution is 2.26. The van der Waals surface area contributed by atoms with Crippen molar-refractivity contribution in [3.05, 3.63) is 23.8 Å². The van der Waals surface area contributed by atoms with Crippen molar-refractivity contribution in [1.29, 1.82) is 5.26 Å².